The quantitative estimate of drug-likeness (QED) is 0.637. The number of hydrogen-bond acceptors (Lipinski definition) is 4. The lowest BCUT2D eigenvalue weighted by Crippen LogP contribution is -2.17. The topological polar surface area (TPSA) is 121 Å². The number of imidazole rings is 1. The average molecular weight is 367 g/mol. The summed E-state index contributed by atoms with van der Waals surface area (Å²) in [5, 5.41) is 20.9. The van der Waals surface area contributed by atoms with E-state index >= 15 is 0 Å². The molecule has 1 aromatic carbocycles. The van der Waals surface area contributed by atoms with Gasteiger partial charge in [0.1, 0.15) is 11.3 Å². The smallest absolute Gasteiger partial charge is 0.335 e. The van der Waals surface area contributed by atoms with Crippen molar-refractivity contribution < 1.29 is 24.6 Å². The molecule has 0 aliphatic rings. The van der Waals surface area contributed by atoms with Crippen molar-refractivity contribution in [2.45, 2.75) is 20.3 Å². The van der Waals surface area contributed by atoms with Crippen LogP contribution in [-0.4, -0.2) is 37.4 Å². The largest absolute Gasteiger partial charge is 0.478 e. The first-order valence-corrected chi connectivity index (χ1v) is 8.20. The number of carbonyl (C=O) groups is 3. The van der Waals surface area contributed by atoms with Gasteiger partial charge in [-0.05, 0) is 49.2 Å². The minimum Gasteiger partial charge on any atom is -0.478 e. The van der Waals surface area contributed by atoms with E-state index in [9.17, 15) is 14.4 Å². The van der Waals surface area contributed by atoms with Gasteiger partial charge in [-0.15, -0.1) is 0 Å². The number of rotatable bonds is 5. The molecular formula is C19H17N3O5. The van der Waals surface area contributed by atoms with E-state index < -0.39 is 17.8 Å². The Labute approximate surface area is 154 Å². The molecule has 3 rings (SSSR count). The number of pyridine rings is 1. The molecule has 8 nitrogen and oxygen atoms in total. The lowest BCUT2D eigenvalue weighted by Gasteiger charge is -2.09. The Balaban J connectivity index is 2.04. The van der Waals surface area contributed by atoms with Crippen LogP contribution in [0.2, 0.25) is 0 Å². The Kier molecular flexibility index (Phi) is 4.64. The van der Waals surface area contributed by atoms with Gasteiger partial charge in [0.25, 0.3) is 5.91 Å². The fourth-order valence-electron chi connectivity index (χ4n) is 2.82. The normalized spacial score (nSPS) is 10.7. The van der Waals surface area contributed by atoms with Crippen molar-refractivity contribution in [3.05, 3.63) is 64.6 Å². The van der Waals surface area contributed by atoms with Gasteiger partial charge in [0, 0.05) is 11.9 Å². The van der Waals surface area contributed by atoms with Crippen molar-refractivity contribution >= 4 is 29.2 Å². The van der Waals surface area contributed by atoms with E-state index in [1.54, 1.807) is 10.6 Å². The zero-order valence-corrected chi connectivity index (χ0v) is 14.7. The molecule has 0 saturated carbocycles. The van der Waals surface area contributed by atoms with Gasteiger partial charge in [-0.2, -0.15) is 0 Å². The third-order valence-electron chi connectivity index (χ3n) is 4.09. The van der Waals surface area contributed by atoms with Gasteiger partial charge in [0.05, 0.1) is 16.8 Å². The number of carbonyl (C=O) groups excluding carboxylic acids is 1. The second-order valence-electron chi connectivity index (χ2n) is 6.06. The van der Waals surface area contributed by atoms with Crippen LogP contribution < -0.4 is 5.32 Å². The number of amides is 1. The Bertz CT molecular complexity index is 1050. The molecule has 8 heteroatoms. The number of aromatic carboxylic acids is 2. The van der Waals surface area contributed by atoms with Crippen LogP contribution in [-0.2, 0) is 6.42 Å². The van der Waals surface area contributed by atoms with Crippen molar-refractivity contribution in [2.24, 2.45) is 0 Å². The summed E-state index contributed by atoms with van der Waals surface area (Å²) in [5.74, 6) is -3.07. The number of nitrogens with one attached hydrogen (secondary N) is 1. The third kappa shape index (κ3) is 3.50. The lowest BCUT2D eigenvalue weighted by atomic mass is 10.1. The maximum atomic E-state index is 12.8. The predicted molar refractivity (Wildman–Crippen MR) is 97.6 cm³/mol. The van der Waals surface area contributed by atoms with Crippen molar-refractivity contribution in [3.63, 3.8) is 0 Å². The molecule has 0 saturated heterocycles. The van der Waals surface area contributed by atoms with Gasteiger partial charge in [-0.3, -0.25) is 9.20 Å². The predicted octanol–water partition coefficient (Wildman–Crippen LogP) is 2.85. The van der Waals surface area contributed by atoms with Crippen molar-refractivity contribution in [2.75, 3.05) is 5.32 Å². The van der Waals surface area contributed by atoms with Gasteiger partial charge < -0.3 is 15.5 Å². The molecule has 2 heterocycles. The number of benzene rings is 1. The SMILES string of the molecule is CCc1nc2cc(C)ccn2c1C(=O)Nc1cc(C(=O)O)cc(C(=O)O)c1. The van der Waals surface area contributed by atoms with Crippen LogP contribution in [0.4, 0.5) is 5.69 Å². The molecule has 0 bridgehead atoms. The third-order valence-corrected chi connectivity index (χ3v) is 4.09. The highest BCUT2D eigenvalue weighted by Crippen LogP contribution is 2.20. The zero-order valence-electron chi connectivity index (χ0n) is 14.7. The highest BCUT2D eigenvalue weighted by molar-refractivity contribution is 6.06. The number of hydrogen-bond donors (Lipinski definition) is 3. The molecule has 138 valence electrons. The molecule has 27 heavy (non-hydrogen) atoms. The van der Waals surface area contributed by atoms with Crippen molar-refractivity contribution in [1.29, 1.82) is 0 Å². The fraction of sp³-hybridized carbons (Fsp3) is 0.158. The number of aromatic nitrogens is 2. The Morgan fingerprint density at radius 3 is 2.26 bits per heavy atom. The first-order chi connectivity index (χ1) is 12.8. The standard InChI is InChI=1S/C19H17N3O5/c1-3-14-16(22-5-4-10(2)6-15(22)21-14)17(23)20-13-8-11(18(24)25)7-12(9-13)19(26)27/h4-9H,3H2,1-2H3,(H,20,23)(H,24,25)(H,26,27). The molecule has 0 radical (unpaired) electrons. The van der Waals surface area contributed by atoms with E-state index in [1.165, 1.54) is 12.1 Å². The van der Waals surface area contributed by atoms with Gasteiger partial charge in [-0.1, -0.05) is 6.92 Å². The maximum absolute atomic E-state index is 12.8. The summed E-state index contributed by atoms with van der Waals surface area (Å²) in [7, 11) is 0. The van der Waals surface area contributed by atoms with Crippen LogP contribution in [0.15, 0.2) is 36.5 Å². The number of anilines is 1. The first-order valence-electron chi connectivity index (χ1n) is 8.20. The van der Waals surface area contributed by atoms with Crippen molar-refractivity contribution in [3.8, 4) is 0 Å². The number of carboxylic acids is 2. The van der Waals surface area contributed by atoms with Crippen LogP contribution in [0, 0.1) is 6.92 Å². The van der Waals surface area contributed by atoms with Crippen molar-refractivity contribution in [1.82, 2.24) is 9.38 Å². The summed E-state index contributed by atoms with van der Waals surface area (Å²) in [4.78, 5) is 39.8. The molecule has 2 aromatic heterocycles. The van der Waals surface area contributed by atoms with Crippen LogP contribution in [0.25, 0.3) is 5.65 Å². The van der Waals surface area contributed by atoms with E-state index in [0.29, 0.717) is 23.5 Å². The minimum atomic E-state index is -1.28. The summed E-state index contributed by atoms with van der Waals surface area (Å²) < 4.78 is 1.65. The molecular weight excluding hydrogens is 350 g/mol. The molecule has 0 aliphatic heterocycles. The highest BCUT2D eigenvalue weighted by atomic mass is 16.4. The lowest BCUT2D eigenvalue weighted by molar-refractivity contribution is 0.0696. The Morgan fingerprint density at radius 2 is 1.70 bits per heavy atom. The first kappa shape index (κ1) is 18.1. The van der Waals surface area contributed by atoms with E-state index in [2.05, 4.69) is 10.3 Å². The molecule has 3 N–H and O–H groups in total. The van der Waals surface area contributed by atoms with E-state index in [-0.39, 0.29) is 16.8 Å². The van der Waals surface area contributed by atoms with E-state index in [4.69, 9.17) is 10.2 Å². The van der Waals surface area contributed by atoms with Crippen LogP contribution >= 0.6 is 0 Å². The number of fused-ring (bicyclic) bond motifs is 1. The summed E-state index contributed by atoms with van der Waals surface area (Å²) >= 11 is 0. The maximum Gasteiger partial charge on any atom is 0.335 e. The summed E-state index contributed by atoms with van der Waals surface area (Å²) in [6.07, 6.45) is 2.26. The molecule has 0 spiro atoms. The summed E-state index contributed by atoms with van der Waals surface area (Å²) in [6, 6.07) is 7.16. The monoisotopic (exact) mass is 367 g/mol. The molecule has 0 unspecified atom stereocenters. The van der Waals surface area contributed by atoms with Gasteiger partial charge in [-0.25, -0.2) is 14.6 Å². The highest BCUT2D eigenvalue weighted by Gasteiger charge is 2.20. The van der Waals surface area contributed by atoms with Gasteiger partial charge in [0.15, 0.2) is 0 Å². The second kappa shape index (κ2) is 6.91. The molecule has 0 aliphatic carbocycles. The number of carboxylic acid groups (broad SMARTS) is 2. The second-order valence-corrected chi connectivity index (χ2v) is 6.06. The zero-order chi connectivity index (χ0) is 19.7. The minimum absolute atomic E-state index is 0.0846. The van der Waals surface area contributed by atoms with Gasteiger partial charge >= 0.3 is 11.9 Å². The molecule has 1 amide bonds. The Hall–Kier alpha value is -3.68. The van der Waals surface area contributed by atoms with Crippen LogP contribution in [0.3, 0.4) is 0 Å². The number of nitrogens with zero attached hydrogens (tertiary/aromatic N) is 2. The van der Waals surface area contributed by atoms with E-state index in [0.717, 1.165) is 11.6 Å². The number of aryl methyl sites for hydroxylation is 2. The van der Waals surface area contributed by atoms with E-state index in [1.807, 2.05) is 26.0 Å². The average Bonchev–Trinajstić information content (AvgIpc) is 2.98. The van der Waals surface area contributed by atoms with Crippen LogP contribution in [0.5, 0.6) is 0 Å². The molecule has 3 aromatic rings. The van der Waals surface area contributed by atoms with Crippen LogP contribution in [0.1, 0.15) is 49.4 Å². The summed E-state index contributed by atoms with van der Waals surface area (Å²) in [6.45, 7) is 3.80. The Morgan fingerprint density at radius 1 is 1.07 bits per heavy atom. The van der Waals surface area contributed by atoms with Gasteiger partial charge in [0.2, 0.25) is 0 Å². The summed E-state index contributed by atoms with van der Waals surface area (Å²) in [5.41, 5.74) is 2.17. The molecule has 0 fully saturated rings. The fourth-order valence-corrected chi connectivity index (χ4v) is 2.82. The molecule has 0 atom stereocenters.